The van der Waals surface area contributed by atoms with Gasteiger partial charge in [-0.1, -0.05) is 18.2 Å². The van der Waals surface area contributed by atoms with E-state index in [2.05, 4.69) is 9.97 Å². The number of carbonyl (C=O) groups is 2. The van der Waals surface area contributed by atoms with Gasteiger partial charge >= 0.3 is 5.97 Å². The van der Waals surface area contributed by atoms with Crippen molar-refractivity contribution in [2.75, 3.05) is 4.90 Å². The first-order chi connectivity index (χ1) is 11.1. The van der Waals surface area contributed by atoms with Crippen LogP contribution >= 0.6 is 0 Å². The maximum absolute atomic E-state index is 12.7. The summed E-state index contributed by atoms with van der Waals surface area (Å²) < 4.78 is 5.24. The van der Waals surface area contributed by atoms with Gasteiger partial charge in [0.1, 0.15) is 0 Å². The Morgan fingerprint density at radius 3 is 2.83 bits per heavy atom. The van der Waals surface area contributed by atoms with Gasteiger partial charge in [-0.05, 0) is 31.9 Å². The average molecular weight is 311 g/mol. The number of fused-ring (bicyclic) bond motifs is 1. The van der Waals surface area contributed by atoms with Gasteiger partial charge in [0, 0.05) is 24.1 Å². The molecule has 0 saturated heterocycles. The lowest BCUT2D eigenvalue weighted by Gasteiger charge is -2.25. The lowest BCUT2D eigenvalue weighted by atomic mass is 10.1. The Labute approximate surface area is 134 Å². The standard InChI is InChI=1S/C17H17N3O3/c1-11-9-13-5-3-4-6-15(13)20(11)16(21)12(2)23-17(22)14-10-18-7-8-19-14/h3-8,10-12H,9H2,1-2H3/t11-,12-/m0/s1. The van der Waals surface area contributed by atoms with E-state index < -0.39 is 12.1 Å². The second-order valence-corrected chi connectivity index (χ2v) is 5.53. The summed E-state index contributed by atoms with van der Waals surface area (Å²) in [6, 6.07) is 7.81. The Morgan fingerprint density at radius 1 is 1.30 bits per heavy atom. The Hall–Kier alpha value is -2.76. The maximum Gasteiger partial charge on any atom is 0.359 e. The van der Waals surface area contributed by atoms with E-state index in [1.807, 2.05) is 31.2 Å². The summed E-state index contributed by atoms with van der Waals surface area (Å²) in [4.78, 5) is 34.1. The van der Waals surface area contributed by atoms with Crippen LogP contribution in [0, 0.1) is 0 Å². The van der Waals surface area contributed by atoms with Gasteiger partial charge in [0.05, 0.1) is 6.20 Å². The van der Waals surface area contributed by atoms with E-state index in [1.54, 1.807) is 11.8 Å². The summed E-state index contributed by atoms with van der Waals surface area (Å²) in [6.07, 6.45) is 4.09. The van der Waals surface area contributed by atoms with Crippen molar-refractivity contribution in [1.82, 2.24) is 9.97 Å². The molecule has 0 bridgehead atoms. The van der Waals surface area contributed by atoms with Crippen LogP contribution in [0.2, 0.25) is 0 Å². The van der Waals surface area contributed by atoms with E-state index in [4.69, 9.17) is 4.74 Å². The first kappa shape index (κ1) is 15.1. The van der Waals surface area contributed by atoms with E-state index >= 15 is 0 Å². The van der Waals surface area contributed by atoms with Gasteiger partial charge in [0.15, 0.2) is 11.8 Å². The molecule has 1 aromatic carbocycles. The van der Waals surface area contributed by atoms with E-state index in [-0.39, 0.29) is 17.6 Å². The molecule has 1 aliphatic heterocycles. The number of anilines is 1. The SMILES string of the molecule is C[C@H](OC(=O)c1cnccn1)C(=O)N1c2ccccc2C[C@@H]1C. The fraction of sp³-hybridized carbons (Fsp3) is 0.294. The Bertz CT molecular complexity index is 733. The zero-order valence-corrected chi connectivity index (χ0v) is 13.0. The van der Waals surface area contributed by atoms with Crippen LogP contribution < -0.4 is 4.90 Å². The predicted octanol–water partition coefficient (Wildman–Crippen LogP) is 2.00. The molecule has 0 spiro atoms. The molecule has 0 saturated carbocycles. The number of nitrogens with zero attached hydrogens (tertiary/aromatic N) is 3. The van der Waals surface area contributed by atoms with Gasteiger partial charge < -0.3 is 9.64 Å². The molecule has 1 aliphatic rings. The molecule has 2 atom stereocenters. The number of carbonyl (C=O) groups excluding carboxylic acids is 2. The average Bonchev–Trinajstić information content (AvgIpc) is 2.90. The van der Waals surface area contributed by atoms with Gasteiger partial charge in [-0.2, -0.15) is 0 Å². The summed E-state index contributed by atoms with van der Waals surface area (Å²) in [5, 5.41) is 0. The van der Waals surface area contributed by atoms with Crippen molar-refractivity contribution < 1.29 is 14.3 Å². The number of hydrogen-bond donors (Lipinski definition) is 0. The normalized spacial score (nSPS) is 17.5. The van der Waals surface area contributed by atoms with Crippen molar-refractivity contribution in [1.29, 1.82) is 0 Å². The zero-order valence-electron chi connectivity index (χ0n) is 13.0. The third-order valence-corrected chi connectivity index (χ3v) is 3.85. The van der Waals surface area contributed by atoms with Crippen LogP contribution in [0.25, 0.3) is 0 Å². The molecule has 6 nitrogen and oxygen atoms in total. The molecule has 118 valence electrons. The largest absolute Gasteiger partial charge is 0.448 e. The van der Waals surface area contributed by atoms with E-state index in [0.29, 0.717) is 0 Å². The summed E-state index contributed by atoms with van der Waals surface area (Å²) in [5.74, 6) is -0.890. The Morgan fingerprint density at radius 2 is 2.09 bits per heavy atom. The predicted molar refractivity (Wildman–Crippen MR) is 84.0 cm³/mol. The van der Waals surface area contributed by atoms with Crippen LogP contribution in [0.1, 0.15) is 29.9 Å². The molecule has 1 aromatic heterocycles. The molecule has 0 unspecified atom stereocenters. The number of aromatic nitrogens is 2. The quantitative estimate of drug-likeness (QED) is 0.811. The van der Waals surface area contributed by atoms with Crippen LogP contribution in [0.5, 0.6) is 0 Å². The Kier molecular flexibility index (Phi) is 4.06. The summed E-state index contributed by atoms with van der Waals surface area (Å²) in [5.41, 5.74) is 2.09. The maximum atomic E-state index is 12.7. The minimum absolute atomic E-state index is 0.0394. The minimum atomic E-state index is -0.891. The molecule has 2 heterocycles. The van der Waals surface area contributed by atoms with Crippen molar-refractivity contribution in [3.8, 4) is 0 Å². The smallest absolute Gasteiger partial charge is 0.359 e. The van der Waals surface area contributed by atoms with Crippen molar-refractivity contribution in [3.05, 3.63) is 54.1 Å². The zero-order chi connectivity index (χ0) is 16.4. The fourth-order valence-corrected chi connectivity index (χ4v) is 2.77. The molecule has 6 heteroatoms. The highest BCUT2D eigenvalue weighted by Gasteiger charge is 2.34. The van der Waals surface area contributed by atoms with Crippen LogP contribution in [0.15, 0.2) is 42.9 Å². The molecule has 3 rings (SSSR count). The summed E-state index contributed by atoms with van der Waals surface area (Å²) >= 11 is 0. The van der Waals surface area contributed by atoms with Gasteiger partial charge in [-0.25, -0.2) is 9.78 Å². The molecule has 0 aliphatic carbocycles. The lowest BCUT2D eigenvalue weighted by molar-refractivity contribution is -0.126. The summed E-state index contributed by atoms with van der Waals surface area (Å²) in [7, 11) is 0. The number of para-hydroxylation sites is 1. The monoisotopic (exact) mass is 311 g/mol. The first-order valence-corrected chi connectivity index (χ1v) is 7.46. The molecule has 0 N–H and O–H groups in total. The molecule has 0 radical (unpaired) electrons. The highest BCUT2D eigenvalue weighted by Crippen LogP contribution is 2.32. The van der Waals surface area contributed by atoms with Crippen LogP contribution in [0.3, 0.4) is 0 Å². The van der Waals surface area contributed by atoms with Crippen molar-refractivity contribution in [2.45, 2.75) is 32.4 Å². The van der Waals surface area contributed by atoms with E-state index in [1.165, 1.54) is 18.6 Å². The van der Waals surface area contributed by atoms with Crippen LogP contribution in [-0.4, -0.2) is 34.0 Å². The van der Waals surface area contributed by atoms with Gasteiger partial charge in [-0.3, -0.25) is 9.78 Å². The van der Waals surface area contributed by atoms with Crippen LogP contribution in [-0.2, 0) is 16.0 Å². The highest BCUT2D eigenvalue weighted by molar-refractivity contribution is 6.00. The van der Waals surface area contributed by atoms with Gasteiger partial charge in [0.25, 0.3) is 5.91 Å². The number of ether oxygens (including phenoxy) is 1. The molecule has 2 aromatic rings. The number of amides is 1. The molecule has 0 fully saturated rings. The number of esters is 1. The first-order valence-electron chi connectivity index (χ1n) is 7.46. The Balaban J connectivity index is 1.74. The molecular weight excluding hydrogens is 294 g/mol. The van der Waals surface area contributed by atoms with Crippen molar-refractivity contribution in [3.63, 3.8) is 0 Å². The summed E-state index contributed by atoms with van der Waals surface area (Å²) in [6.45, 7) is 3.55. The van der Waals surface area contributed by atoms with Crippen molar-refractivity contribution in [2.24, 2.45) is 0 Å². The second-order valence-electron chi connectivity index (χ2n) is 5.53. The fourth-order valence-electron chi connectivity index (χ4n) is 2.77. The lowest BCUT2D eigenvalue weighted by Crippen LogP contribution is -2.43. The minimum Gasteiger partial charge on any atom is -0.448 e. The van der Waals surface area contributed by atoms with Gasteiger partial charge in [0.2, 0.25) is 0 Å². The third kappa shape index (κ3) is 2.92. The second kappa shape index (κ2) is 6.16. The number of rotatable bonds is 3. The number of benzene rings is 1. The number of hydrogen-bond acceptors (Lipinski definition) is 5. The topological polar surface area (TPSA) is 72.4 Å². The van der Waals surface area contributed by atoms with Crippen LogP contribution in [0.4, 0.5) is 5.69 Å². The van der Waals surface area contributed by atoms with E-state index in [9.17, 15) is 9.59 Å². The van der Waals surface area contributed by atoms with Gasteiger partial charge in [-0.15, -0.1) is 0 Å². The molecule has 1 amide bonds. The molecule has 23 heavy (non-hydrogen) atoms. The van der Waals surface area contributed by atoms with E-state index in [0.717, 1.165) is 17.7 Å². The highest BCUT2D eigenvalue weighted by atomic mass is 16.5. The van der Waals surface area contributed by atoms with Crippen molar-refractivity contribution >= 4 is 17.6 Å². The third-order valence-electron chi connectivity index (χ3n) is 3.85. The molecular formula is C17H17N3O3.